The molecule has 1 N–H and O–H groups in total. The maximum Gasteiger partial charge on any atom is 0.308 e. The average Bonchev–Trinajstić information content (AvgIpc) is 3.17. The summed E-state index contributed by atoms with van der Waals surface area (Å²) in [5, 5.41) is 9.62. The molecule has 0 bridgehead atoms. The van der Waals surface area contributed by atoms with Gasteiger partial charge in [0.05, 0.1) is 31.7 Å². The van der Waals surface area contributed by atoms with Crippen molar-refractivity contribution in [3.8, 4) is 0 Å². The number of hydrogen-bond donors (Lipinski definition) is 1. The van der Waals surface area contributed by atoms with E-state index >= 15 is 0 Å². The molecule has 0 aromatic carbocycles. The van der Waals surface area contributed by atoms with Gasteiger partial charge in [0.25, 0.3) is 0 Å². The minimum Gasteiger partial charge on any atom is -0.465 e. The molecule has 0 amide bonds. The number of unbranched alkanes of at least 4 members (excludes halogenated alkanes) is 24. The summed E-state index contributed by atoms with van der Waals surface area (Å²) in [6, 6.07) is 0. The van der Waals surface area contributed by atoms with Crippen LogP contribution in [0.15, 0.2) is 0 Å². The Morgan fingerprint density at radius 1 is 0.389 bits per heavy atom. The number of hydrogen-bond acceptors (Lipinski definition) is 6. The van der Waals surface area contributed by atoms with Crippen molar-refractivity contribution in [2.24, 2.45) is 11.8 Å². The zero-order chi connectivity index (χ0) is 39.6. The first kappa shape index (κ1) is 52.9. The lowest BCUT2D eigenvalue weighted by Gasteiger charge is -2.21. The second kappa shape index (κ2) is 43.0. The van der Waals surface area contributed by atoms with Gasteiger partial charge in [-0.15, -0.1) is 0 Å². The molecule has 0 aliphatic carbocycles. The fraction of sp³-hybridized carbons (Fsp3) is 0.958. The highest BCUT2D eigenvalue weighted by Gasteiger charge is 2.20. The molecule has 0 saturated heterocycles. The van der Waals surface area contributed by atoms with Crippen molar-refractivity contribution in [3.05, 3.63) is 0 Å². The molecular weight excluding hydrogens is 671 g/mol. The summed E-state index contributed by atoms with van der Waals surface area (Å²) in [6.45, 7) is 13.0. The number of aliphatic hydroxyl groups excluding tert-OH is 1. The van der Waals surface area contributed by atoms with Gasteiger partial charge in [0.2, 0.25) is 0 Å². The highest BCUT2D eigenvalue weighted by atomic mass is 16.5. The van der Waals surface area contributed by atoms with Crippen LogP contribution < -0.4 is 0 Å². The third-order valence-electron chi connectivity index (χ3n) is 11.4. The zero-order valence-electron chi connectivity index (χ0n) is 37.0. The largest absolute Gasteiger partial charge is 0.465 e. The summed E-state index contributed by atoms with van der Waals surface area (Å²) in [5.74, 6) is 0.265. The van der Waals surface area contributed by atoms with Crippen molar-refractivity contribution in [3.63, 3.8) is 0 Å². The number of aliphatic hydroxyl groups is 1. The van der Waals surface area contributed by atoms with Crippen LogP contribution in [0.4, 0.5) is 0 Å². The number of carbonyl (C=O) groups is 2. The van der Waals surface area contributed by atoms with Crippen molar-refractivity contribution in [1.82, 2.24) is 4.90 Å². The van der Waals surface area contributed by atoms with E-state index in [4.69, 9.17) is 9.47 Å². The summed E-state index contributed by atoms with van der Waals surface area (Å²) in [7, 11) is 0. The molecule has 322 valence electrons. The lowest BCUT2D eigenvalue weighted by molar-refractivity contribution is -0.150. The molecule has 2 atom stereocenters. The minimum atomic E-state index is 0.0449. The van der Waals surface area contributed by atoms with Crippen molar-refractivity contribution < 1.29 is 24.2 Å². The Hall–Kier alpha value is -1.14. The first-order valence-corrected chi connectivity index (χ1v) is 24.2. The lowest BCUT2D eigenvalue weighted by Crippen LogP contribution is -2.29. The topological polar surface area (TPSA) is 76.1 Å². The summed E-state index contributed by atoms with van der Waals surface area (Å²) in [6.07, 6.45) is 40.1. The van der Waals surface area contributed by atoms with E-state index in [1.165, 1.54) is 116 Å². The minimum absolute atomic E-state index is 0.0449. The third-order valence-corrected chi connectivity index (χ3v) is 11.4. The smallest absolute Gasteiger partial charge is 0.308 e. The normalized spacial score (nSPS) is 12.7. The molecule has 54 heavy (non-hydrogen) atoms. The van der Waals surface area contributed by atoms with Gasteiger partial charge in [0, 0.05) is 6.54 Å². The molecule has 0 aliphatic rings. The van der Waals surface area contributed by atoms with Gasteiger partial charge in [0.15, 0.2) is 0 Å². The second-order valence-electron chi connectivity index (χ2n) is 16.6. The third kappa shape index (κ3) is 35.3. The van der Waals surface area contributed by atoms with Gasteiger partial charge in [-0.2, -0.15) is 0 Å². The van der Waals surface area contributed by atoms with Gasteiger partial charge in [-0.25, -0.2) is 0 Å². The second-order valence-corrected chi connectivity index (χ2v) is 16.6. The van der Waals surface area contributed by atoms with E-state index in [2.05, 4.69) is 32.6 Å². The van der Waals surface area contributed by atoms with E-state index in [0.717, 1.165) is 122 Å². The number of ether oxygens (including phenoxy) is 2. The Morgan fingerprint density at radius 2 is 0.667 bits per heavy atom. The molecular formula is C48H95NO5. The molecule has 0 aromatic heterocycles. The first-order chi connectivity index (χ1) is 26.5. The van der Waals surface area contributed by atoms with Gasteiger partial charge in [-0.3, -0.25) is 9.59 Å². The van der Waals surface area contributed by atoms with Crippen LogP contribution in [0, 0.1) is 11.8 Å². The summed E-state index contributed by atoms with van der Waals surface area (Å²) < 4.78 is 11.6. The van der Waals surface area contributed by atoms with Gasteiger partial charge in [0.1, 0.15) is 0 Å². The standard InChI is InChI=1S/C48H95NO5/c1-5-9-13-17-19-22-30-38-46(36-28-20-15-11-7-3)48(52)54-44-34-26-24-32-40-49(41-42-50)39-31-23-25-33-43-53-47(51)45(35-27-16-12-8-4)37-29-21-18-14-10-6-2/h45-46,50H,5-44H2,1-4H3. The van der Waals surface area contributed by atoms with Crippen molar-refractivity contribution in [2.45, 2.75) is 246 Å². The molecule has 6 heteroatoms. The van der Waals surface area contributed by atoms with E-state index in [1.807, 2.05) is 0 Å². The maximum atomic E-state index is 13.0. The molecule has 0 spiro atoms. The molecule has 0 aliphatic heterocycles. The molecule has 0 fully saturated rings. The molecule has 6 nitrogen and oxygen atoms in total. The van der Waals surface area contributed by atoms with Crippen LogP contribution >= 0.6 is 0 Å². The maximum absolute atomic E-state index is 13.0. The number of nitrogens with zero attached hydrogens (tertiary/aromatic N) is 1. The average molecular weight is 766 g/mol. The Morgan fingerprint density at radius 3 is 1.00 bits per heavy atom. The predicted molar refractivity (Wildman–Crippen MR) is 232 cm³/mol. The quantitative estimate of drug-likeness (QED) is 0.0492. The summed E-state index contributed by atoms with van der Waals surface area (Å²) >= 11 is 0. The summed E-state index contributed by atoms with van der Waals surface area (Å²) in [5.41, 5.74) is 0. The highest BCUT2D eigenvalue weighted by molar-refractivity contribution is 5.72. The van der Waals surface area contributed by atoms with Crippen molar-refractivity contribution >= 4 is 11.9 Å². The molecule has 2 unspecified atom stereocenters. The lowest BCUT2D eigenvalue weighted by atomic mass is 9.94. The monoisotopic (exact) mass is 766 g/mol. The van der Waals surface area contributed by atoms with E-state index in [-0.39, 0.29) is 30.4 Å². The van der Waals surface area contributed by atoms with Crippen LogP contribution in [0.1, 0.15) is 246 Å². The fourth-order valence-electron chi connectivity index (χ4n) is 7.73. The Kier molecular flexibility index (Phi) is 42.1. The SMILES string of the molecule is CCCCCCCCCC(CCCCCCC)C(=O)OCCCCCCN(CCO)CCCCCCOC(=O)C(CCCCCC)CCCCCCCC. The molecule has 0 heterocycles. The number of carbonyl (C=O) groups excluding carboxylic acids is 2. The van der Waals surface area contributed by atoms with Crippen LogP contribution in [-0.4, -0.2) is 61.4 Å². The van der Waals surface area contributed by atoms with Gasteiger partial charge >= 0.3 is 11.9 Å². The number of esters is 2. The van der Waals surface area contributed by atoms with E-state index < -0.39 is 0 Å². The van der Waals surface area contributed by atoms with E-state index in [1.54, 1.807) is 0 Å². The van der Waals surface area contributed by atoms with E-state index in [0.29, 0.717) is 13.2 Å². The molecule has 0 aromatic rings. The zero-order valence-corrected chi connectivity index (χ0v) is 37.0. The molecule has 0 radical (unpaired) electrons. The Balaban J connectivity index is 4.23. The van der Waals surface area contributed by atoms with Crippen molar-refractivity contribution in [2.75, 3.05) is 39.5 Å². The highest BCUT2D eigenvalue weighted by Crippen LogP contribution is 2.22. The number of rotatable bonds is 44. The molecule has 0 rings (SSSR count). The van der Waals surface area contributed by atoms with Gasteiger partial charge in [-0.05, 0) is 64.5 Å². The van der Waals surface area contributed by atoms with Crippen LogP contribution in [0.5, 0.6) is 0 Å². The Bertz CT molecular complexity index is 776. The summed E-state index contributed by atoms with van der Waals surface area (Å²) in [4.78, 5) is 28.3. The van der Waals surface area contributed by atoms with Crippen LogP contribution in [0.25, 0.3) is 0 Å². The predicted octanol–water partition coefficient (Wildman–Crippen LogP) is 13.9. The Labute approximate surface area is 337 Å². The van der Waals surface area contributed by atoms with Gasteiger partial charge < -0.3 is 19.5 Å². The van der Waals surface area contributed by atoms with Crippen LogP contribution in [-0.2, 0) is 19.1 Å². The molecule has 0 saturated carbocycles. The van der Waals surface area contributed by atoms with Crippen LogP contribution in [0.3, 0.4) is 0 Å². The van der Waals surface area contributed by atoms with Crippen LogP contribution in [0.2, 0.25) is 0 Å². The van der Waals surface area contributed by atoms with Gasteiger partial charge in [-0.1, -0.05) is 195 Å². The van der Waals surface area contributed by atoms with E-state index in [9.17, 15) is 14.7 Å². The van der Waals surface area contributed by atoms with Crippen molar-refractivity contribution in [1.29, 1.82) is 0 Å². The fourth-order valence-corrected chi connectivity index (χ4v) is 7.73. The first-order valence-electron chi connectivity index (χ1n) is 24.2.